The largest absolute Gasteiger partial charge is 0.368 e. The molecule has 0 amide bonds. The van der Waals surface area contributed by atoms with Crippen molar-refractivity contribution in [2.45, 2.75) is 0 Å². The molecule has 4 nitrogen and oxygen atoms in total. The van der Waals surface area contributed by atoms with Crippen molar-refractivity contribution in [3.8, 4) is 0 Å². The third-order valence-corrected chi connectivity index (χ3v) is 3.94. The van der Waals surface area contributed by atoms with Crippen LogP contribution in [0.15, 0.2) is 34.1 Å². The van der Waals surface area contributed by atoms with Crippen LogP contribution in [0.25, 0.3) is 10.2 Å². The van der Waals surface area contributed by atoms with Crippen molar-refractivity contribution in [2.24, 2.45) is 0 Å². The van der Waals surface area contributed by atoms with E-state index in [1.807, 2.05) is 11.4 Å². The lowest BCUT2D eigenvalue weighted by molar-refractivity contribution is 0.621. The highest BCUT2D eigenvalue weighted by molar-refractivity contribution is 9.10. The predicted molar refractivity (Wildman–Crippen MR) is 79.2 cm³/mol. The van der Waals surface area contributed by atoms with E-state index in [1.54, 1.807) is 12.1 Å². The first-order valence-electron chi connectivity index (χ1n) is 5.36. The predicted octanol–water partition coefficient (Wildman–Crippen LogP) is 3.92. The van der Waals surface area contributed by atoms with Crippen LogP contribution in [0.4, 0.5) is 21.8 Å². The number of fused-ring (bicyclic) bond motifs is 1. The molecule has 19 heavy (non-hydrogen) atoms. The molecule has 0 aliphatic heterocycles. The first-order valence-corrected chi connectivity index (χ1v) is 7.03. The van der Waals surface area contributed by atoms with Gasteiger partial charge in [0.2, 0.25) is 5.95 Å². The number of rotatable bonds is 2. The molecule has 0 spiro atoms. The Bertz CT molecular complexity index is 759. The molecule has 0 saturated heterocycles. The summed E-state index contributed by atoms with van der Waals surface area (Å²) in [5.41, 5.74) is 6.39. The molecule has 0 saturated carbocycles. The molecule has 0 unspecified atom stereocenters. The first kappa shape index (κ1) is 12.3. The van der Waals surface area contributed by atoms with Gasteiger partial charge < -0.3 is 11.1 Å². The second kappa shape index (κ2) is 4.75. The molecule has 0 atom stereocenters. The van der Waals surface area contributed by atoms with Gasteiger partial charge in [0.1, 0.15) is 16.5 Å². The molecule has 0 aliphatic carbocycles. The van der Waals surface area contributed by atoms with Gasteiger partial charge >= 0.3 is 0 Å². The quantitative estimate of drug-likeness (QED) is 0.743. The van der Waals surface area contributed by atoms with E-state index >= 15 is 0 Å². The standard InChI is InChI=1S/C12H8BrFN4S/c13-8-5-6(1-2-9(8)14)16-10-7-3-4-19-11(7)18-12(15)17-10/h1-5H,(H3,15,16,17,18). The summed E-state index contributed by atoms with van der Waals surface area (Å²) in [5, 5.41) is 5.93. The zero-order valence-electron chi connectivity index (χ0n) is 9.52. The summed E-state index contributed by atoms with van der Waals surface area (Å²) in [5.74, 6) is 0.509. The average molecular weight is 339 g/mol. The maximum Gasteiger partial charge on any atom is 0.223 e. The Morgan fingerprint density at radius 2 is 2.11 bits per heavy atom. The minimum Gasteiger partial charge on any atom is -0.368 e. The highest BCUT2D eigenvalue weighted by atomic mass is 79.9. The lowest BCUT2D eigenvalue weighted by atomic mass is 10.3. The Morgan fingerprint density at radius 3 is 2.89 bits per heavy atom. The second-order valence-corrected chi connectivity index (χ2v) is 5.57. The van der Waals surface area contributed by atoms with E-state index in [0.717, 1.165) is 15.9 Å². The Balaban J connectivity index is 2.04. The van der Waals surface area contributed by atoms with E-state index in [9.17, 15) is 4.39 Å². The van der Waals surface area contributed by atoms with Crippen molar-refractivity contribution >= 4 is 54.9 Å². The minimum absolute atomic E-state index is 0.207. The second-order valence-electron chi connectivity index (χ2n) is 3.82. The molecule has 3 N–H and O–H groups in total. The molecule has 0 bridgehead atoms. The van der Waals surface area contributed by atoms with Gasteiger partial charge in [-0.15, -0.1) is 11.3 Å². The number of thiophene rings is 1. The zero-order valence-corrected chi connectivity index (χ0v) is 11.9. The number of halogens is 2. The van der Waals surface area contributed by atoms with Gasteiger partial charge in [-0.1, -0.05) is 0 Å². The summed E-state index contributed by atoms with van der Waals surface area (Å²) >= 11 is 4.64. The van der Waals surface area contributed by atoms with Crippen molar-refractivity contribution < 1.29 is 4.39 Å². The van der Waals surface area contributed by atoms with Crippen LogP contribution < -0.4 is 11.1 Å². The summed E-state index contributed by atoms with van der Waals surface area (Å²) in [6.45, 7) is 0. The molecule has 2 aromatic heterocycles. The molecule has 1 aromatic carbocycles. The van der Waals surface area contributed by atoms with Crippen molar-refractivity contribution in [3.05, 3.63) is 39.9 Å². The van der Waals surface area contributed by atoms with Crippen LogP contribution in [-0.4, -0.2) is 9.97 Å². The number of nitrogens with two attached hydrogens (primary N) is 1. The van der Waals surface area contributed by atoms with Gasteiger partial charge in [0.05, 0.1) is 9.86 Å². The van der Waals surface area contributed by atoms with Gasteiger partial charge in [-0.25, -0.2) is 9.37 Å². The van der Waals surface area contributed by atoms with E-state index in [0.29, 0.717) is 10.3 Å². The van der Waals surface area contributed by atoms with E-state index < -0.39 is 0 Å². The fraction of sp³-hybridized carbons (Fsp3) is 0. The van der Waals surface area contributed by atoms with Gasteiger partial charge in [0.25, 0.3) is 0 Å². The number of hydrogen-bond donors (Lipinski definition) is 2. The molecule has 3 rings (SSSR count). The number of aromatic nitrogens is 2. The Morgan fingerprint density at radius 1 is 1.26 bits per heavy atom. The molecule has 96 valence electrons. The fourth-order valence-electron chi connectivity index (χ4n) is 1.68. The lowest BCUT2D eigenvalue weighted by Gasteiger charge is -2.08. The Hall–Kier alpha value is -1.73. The Labute approximate surface area is 120 Å². The molecule has 0 aliphatic rings. The SMILES string of the molecule is Nc1nc(Nc2ccc(F)c(Br)c2)c2ccsc2n1. The van der Waals surface area contributed by atoms with E-state index in [4.69, 9.17) is 5.73 Å². The average Bonchev–Trinajstić information content (AvgIpc) is 2.82. The maximum atomic E-state index is 13.2. The van der Waals surface area contributed by atoms with Gasteiger partial charge in [-0.2, -0.15) is 4.98 Å². The summed E-state index contributed by atoms with van der Waals surface area (Å²) in [6.07, 6.45) is 0. The van der Waals surface area contributed by atoms with E-state index in [1.165, 1.54) is 17.4 Å². The van der Waals surface area contributed by atoms with Crippen LogP contribution in [0, 0.1) is 5.82 Å². The van der Waals surface area contributed by atoms with Crippen molar-refractivity contribution in [1.29, 1.82) is 0 Å². The smallest absolute Gasteiger partial charge is 0.223 e. The van der Waals surface area contributed by atoms with Crippen LogP contribution in [0.2, 0.25) is 0 Å². The highest BCUT2D eigenvalue weighted by Crippen LogP contribution is 2.29. The first-order chi connectivity index (χ1) is 9.13. The van der Waals surface area contributed by atoms with Gasteiger partial charge in [0.15, 0.2) is 0 Å². The van der Waals surface area contributed by atoms with Crippen LogP contribution in [0.3, 0.4) is 0 Å². The van der Waals surface area contributed by atoms with Gasteiger partial charge in [0, 0.05) is 5.69 Å². The number of benzene rings is 1. The number of nitrogen functional groups attached to an aromatic ring is 1. The monoisotopic (exact) mass is 338 g/mol. The third-order valence-electron chi connectivity index (χ3n) is 2.52. The van der Waals surface area contributed by atoms with Gasteiger partial charge in [-0.05, 0) is 45.6 Å². The van der Waals surface area contributed by atoms with Crippen molar-refractivity contribution in [3.63, 3.8) is 0 Å². The van der Waals surface area contributed by atoms with E-state index in [-0.39, 0.29) is 11.8 Å². The summed E-state index contributed by atoms with van der Waals surface area (Å²) in [4.78, 5) is 9.14. The van der Waals surface area contributed by atoms with Crippen LogP contribution in [0.5, 0.6) is 0 Å². The van der Waals surface area contributed by atoms with Crippen LogP contribution >= 0.6 is 27.3 Å². The zero-order chi connectivity index (χ0) is 13.4. The minimum atomic E-state index is -0.312. The fourth-order valence-corrected chi connectivity index (χ4v) is 2.83. The number of hydrogen-bond acceptors (Lipinski definition) is 5. The van der Waals surface area contributed by atoms with Gasteiger partial charge in [-0.3, -0.25) is 0 Å². The molecule has 0 radical (unpaired) electrons. The molecule has 3 aromatic rings. The topological polar surface area (TPSA) is 63.8 Å². The molecular weight excluding hydrogens is 331 g/mol. The molecule has 7 heteroatoms. The van der Waals surface area contributed by atoms with Crippen molar-refractivity contribution in [1.82, 2.24) is 9.97 Å². The van der Waals surface area contributed by atoms with Crippen LogP contribution in [-0.2, 0) is 0 Å². The summed E-state index contributed by atoms with van der Waals surface area (Å²) in [7, 11) is 0. The summed E-state index contributed by atoms with van der Waals surface area (Å²) in [6, 6.07) is 6.57. The molecule has 0 fully saturated rings. The lowest BCUT2D eigenvalue weighted by Crippen LogP contribution is -2.00. The number of anilines is 3. The summed E-state index contributed by atoms with van der Waals surface area (Å²) < 4.78 is 13.6. The third kappa shape index (κ3) is 2.39. The maximum absolute atomic E-state index is 13.2. The van der Waals surface area contributed by atoms with Crippen LogP contribution in [0.1, 0.15) is 0 Å². The van der Waals surface area contributed by atoms with E-state index in [2.05, 4.69) is 31.2 Å². The number of nitrogens with zero attached hydrogens (tertiary/aromatic N) is 2. The number of nitrogens with one attached hydrogen (secondary N) is 1. The molecular formula is C12H8BrFN4S. The Kier molecular flexibility index (Phi) is 3.08. The molecule has 2 heterocycles. The normalized spacial score (nSPS) is 10.8. The van der Waals surface area contributed by atoms with Crippen molar-refractivity contribution in [2.75, 3.05) is 11.1 Å². The highest BCUT2D eigenvalue weighted by Gasteiger charge is 2.08.